The van der Waals surface area contributed by atoms with Crippen LogP contribution in [0.5, 0.6) is 0 Å². The molecule has 0 radical (unpaired) electrons. The first-order valence-electron chi connectivity index (χ1n) is 8.91. The van der Waals surface area contributed by atoms with Crippen molar-refractivity contribution in [3.63, 3.8) is 0 Å². The van der Waals surface area contributed by atoms with Crippen LogP contribution in [0.25, 0.3) is 10.2 Å². The Morgan fingerprint density at radius 3 is 2.88 bits per heavy atom. The van der Waals surface area contributed by atoms with Gasteiger partial charge in [-0.1, -0.05) is 26.8 Å². The van der Waals surface area contributed by atoms with E-state index < -0.39 is 0 Å². The molecule has 4 nitrogen and oxygen atoms in total. The zero-order valence-corrected chi connectivity index (χ0v) is 16.9. The Bertz CT molecular complexity index is 1020. The lowest BCUT2D eigenvalue weighted by atomic mass is 9.72. The molecule has 0 N–H and O–H groups in total. The van der Waals surface area contributed by atoms with Crippen LogP contribution in [-0.4, -0.2) is 15.3 Å². The fourth-order valence-electron chi connectivity index (χ4n) is 3.72. The Kier molecular flexibility index (Phi) is 4.35. The molecule has 1 aliphatic carbocycles. The molecule has 1 aliphatic rings. The SMILES string of the molecule is CC(C)(C)[C@@H]1CCc2c(sc3ncn(CC(=O)c4cccs4)c(=O)c23)C1. The highest BCUT2D eigenvalue weighted by Gasteiger charge is 2.31. The van der Waals surface area contributed by atoms with Gasteiger partial charge in [0.2, 0.25) is 0 Å². The molecule has 26 heavy (non-hydrogen) atoms. The highest BCUT2D eigenvalue weighted by Crippen LogP contribution is 2.41. The van der Waals surface area contributed by atoms with Crippen LogP contribution in [0.2, 0.25) is 0 Å². The molecule has 0 aliphatic heterocycles. The van der Waals surface area contributed by atoms with E-state index in [1.807, 2.05) is 11.4 Å². The fourth-order valence-corrected chi connectivity index (χ4v) is 5.64. The van der Waals surface area contributed by atoms with E-state index in [4.69, 9.17) is 0 Å². The number of hydrogen-bond acceptors (Lipinski definition) is 5. The molecule has 1 atom stereocenters. The van der Waals surface area contributed by atoms with E-state index in [2.05, 4.69) is 25.8 Å². The van der Waals surface area contributed by atoms with Crippen LogP contribution in [0, 0.1) is 11.3 Å². The first-order valence-corrected chi connectivity index (χ1v) is 10.6. The van der Waals surface area contributed by atoms with Gasteiger partial charge < -0.3 is 0 Å². The second-order valence-electron chi connectivity index (χ2n) is 8.07. The number of thiophene rings is 2. The van der Waals surface area contributed by atoms with E-state index in [0.717, 1.165) is 29.5 Å². The van der Waals surface area contributed by atoms with Crippen molar-refractivity contribution in [2.75, 3.05) is 0 Å². The third-order valence-electron chi connectivity index (χ3n) is 5.37. The molecular weight excluding hydrogens is 364 g/mol. The van der Waals surface area contributed by atoms with Gasteiger partial charge in [0.1, 0.15) is 4.83 Å². The van der Waals surface area contributed by atoms with Crippen LogP contribution in [0.15, 0.2) is 28.6 Å². The Balaban J connectivity index is 1.71. The van der Waals surface area contributed by atoms with Gasteiger partial charge in [0.25, 0.3) is 5.56 Å². The molecule has 4 rings (SSSR count). The summed E-state index contributed by atoms with van der Waals surface area (Å²) in [5.74, 6) is 0.589. The number of aromatic nitrogens is 2. The number of carbonyl (C=O) groups is 1. The Morgan fingerprint density at radius 2 is 2.19 bits per heavy atom. The molecule has 0 amide bonds. The van der Waals surface area contributed by atoms with E-state index >= 15 is 0 Å². The summed E-state index contributed by atoms with van der Waals surface area (Å²) in [5.41, 5.74) is 1.36. The highest BCUT2D eigenvalue weighted by molar-refractivity contribution is 7.18. The van der Waals surface area contributed by atoms with E-state index in [0.29, 0.717) is 10.8 Å². The van der Waals surface area contributed by atoms with E-state index in [-0.39, 0.29) is 23.3 Å². The van der Waals surface area contributed by atoms with Crippen molar-refractivity contribution >= 4 is 38.7 Å². The number of nitrogens with zero attached hydrogens (tertiary/aromatic N) is 2. The number of rotatable bonds is 3. The summed E-state index contributed by atoms with van der Waals surface area (Å²) >= 11 is 3.06. The summed E-state index contributed by atoms with van der Waals surface area (Å²) in [4.78, 5) is 32.7. The third-order valence-corrected chi connectivity index (χ3v) is 7.44. The lowest BCUT2D eigenvalue weighted by molar-refractivity contribution is 0.0974. The second-order valence-corrected chi connectivity index (χ2v) is 10.1. The molecule has 0 spiro atoms. The van der Waals surface area contributed by atoms with Crippen LogP contribution < -0.4 is 5.56 Å². The zero-order chi connectivity index (χ0) is 18.5. The lowest BCUT2D eigenvalue weighted by Crippen LogP contribution is -2.27. The summed E-state index contributed by atoms with van der Waals surface area (Å²) in [5, 5.41) is 2.61. The van der Waals surface area contributed by atoms with Gasteiger partial charge >= 0.3 is 0 Å². The standard InChI is InChI=1S/C20H22N2O2S2/c1-20(2,3)12-6-7-13-16(9-12)26-18-17(13)19(24)22(11-21-18)10-14(23)15-5-4-8-25-15/h4-5,8,11-12H,6-7,9-10H2,1-3H3/t12-/m1/s1. The van der Waals surface area contributed by atoms with E-state index in [1.165, 1.54) is 32.7 Å². The summed E-state index contributed by atoms with van der Waals surface area (Å²) in [6.07, 6.45) is 4.58. The van der Waals surface area contributed by atoms with Gasteiger partial charge in [-0.2, -0.15) is 0 Å². The second kappa shape index (κ2) is 6.43. The van der Waals surface area contributed by atoms with Crippen molar-refractivity contribution in [2.45, 2.75) is 46.6 Å². The third kappa shape index (κ3) is 3.05. The normalized spacial score (nSPS) is 17.4. The van der Waals surface area contributed by atoms with E-state index in [9.17, 15) is 9.59 Å². The quantitative estimate of drug-likeness (QED) is 0.620. The zero-order valence-electron chi connectivity index (χ0n) is 15.2. The summed E-state index contributed by atoms with van der Waals surface area (Å²) < 4.78 is 1.47. The molecule has 3 aromatic rings. The van der Waals surface area contributed by atoms with Crippen molar-refractivity contribution in [1.29, 1.82) is 0 Å². The van der Waals surface area contributed by atoms with Crippen LogP contribution in [0.3, 0.4) is 0 Å². The van der Waals surface area contributed by atoms with Gasteiger partial charge in [-0.05, 0) is 47.6 Å². The van der Waals surface area contributed by atoms with Gasteiger partial charge in [0.05, 0.1) is 23.1 Å². The van der Waals surface area contributed by atoms with Crippen LogP contribution in [-0.2, 0) is 19.4 Å². The Hall–Kier alpha value is -1.79. The Morgan fingerprint density at radius 1 is 1.38 bits per heavy atom. The average molecular weight is 387 g/mol. The van der Waals surface area contributed by atoms with Gasteiger partial charge in [0.15, 0.2) is 5.78 Å². The molecular formula is C20H22N2O2S2. The van der Waals surface area contributed by atoms with Crippen LogP contribution in [0.1, 0.15) is 47.3 Å². The number of aryl methyl sites for hydroxylation is 1. The Labute approximate surface area is 160 Å². The van der Waals surface area contributed by atoms with Crippen molar-refractivity contribution in [2.24, 2.45) is 11.3 Å². The van der Waals surface area contributed by atoms with Crippen molar-refractivity contribution < 1.29 is 4.79 Å². The minimum absolute atomic E-state index is 0.0415. The predicted molar refractivity (Wildman–Crippen MR) is 107 cm³/mol. The van der Waals surface area contributed by atoms with Crippen molar-refractivity contribution in [3.8, 4) is 0 Å². The molecule has 3 heterocycles. The molecule has 6 heteroatoms. The maximum absolute atomic E-state index is 13.0. The molecule has 0 saturated carbocycles. The number of carbonyl (C=O) groups excluding carboxylic acids is 1. The minimum atomic E-state index is -0.0772. The number of hydrogen-bond donors (Lipinski definition) is 0. The largest absolute Gasteiger partial charge is 0.291 e. The minimum Gasteiger partial charge on any atom is -0.291 e. The average Bonchev–Trinajstić information content (AvgIpc) is 3.23. The molecule has 0 fully saturated rings. The maximum Gasteiger partial charge on any atom is 0.262 e. The van der Waals surface area contributed by atoms with Gasteiger partial charge in [-0.25, -0.2) is 4.98 Å². The predicted octanol–water partition coefficient (Wildman–Crippen LogP) is 4.55. The number of ketones is 1. The first kappa shape index (κ1) is 17.6. The number of Topliss-reactive ketones (excluding diaryl/α,β-unsaturated/α-hetero) is 1. The topological polar surface area (TPSA) is 52.0 Å². The van der Waals surface area contributed by atoms with E-state index in [1.54, 1.807) is 17.4 Å². The number of fused-ring (bicyclic) bond motifs is 3. The smallest absolute Gasteiger partial charge is 0.262 e. The molecule has 0 bridgehead atoms. The molecule has 0 unspecified atom stereocenters. The van der Waals surface area contributed by atoms with Crippen molar-refractivity contribution in [1.82, 2.24) is 9.55 Å². The summed E-state index contributed by atoms with van der Waals surface area (Å²) in [6, 6.07) is 3.64. The van der Waals surface area contributed by atoms with Crippen LogP contribution in [0.4, 0.5) is 0 Å². The maximum atomic E-state index is 13.0. The monoisotopic (exact) mass is 386 g/mol. The van der Waals surface area contributed by atoms with Gasteiger partial charge in [-0.15, -0.1) is 22.7 Å². The van der Waals surface area contributed by atoms with Gasteiger partial charge in [-0.3, -0.25) is 14.2 Å². The molecule has 3 aromatic heterocycles. The highest BCUT2D eigenvalue weighted by atomic mass is 32.1. The summed E-state index contributed by atoms with van der Waals surface area (Å²) in [7, 11) is 0. The summed E-state index contributed by atoms with van der Waals surface area (Å²) in [6.45, 7) is 6.92. The molecule has 0 aromatic carbocycles. The first-order chi connectivity index (χ1) is 12.3. The van der Waals surface area contributed by atoms with Crippen molar-refractivity contribution in [3.05, 3.63) is 49.5 Å². The van der Waals surface area contributed by atoms with Gasteiger partial charge in [0, 0.05) is 4.88 Å². The molecule has 0 saturated heterocycles. The van der Waals surface area contributed by atoms with Crippen LogP contribution >= 0.6 is 22.7 Å². The lowest BCUT2D eigenvalue weighted by Gasteiger charge is -2.33. The fraction of sp³-hybridized carbons (Fsp3) is 0.450. The molecule has 136 valence electrons.